The molecule has 7 heteroatoms. The molecule has 0 bridgehead atoms. The molecule has 0 amide bonds. The van der Waals surface area contributed by atoms with Crippen LogP contribution in [0.5, 0.6) is 0 Å². The molecule has 162 valence electrons. The number of carbonyl (C=O) groups excluding carboxylic acids is 1. The van der Waals surface area contributed by atoms with Gasteiger partial charge in [-0.05, 0) is 48.6 Å². The molecule has 0 aromatic heterocycles. The number of alkyl halides is 3. The summed E-state index contributed by atoms with van der Waals surface area (Å²) in [4.78, 5) is 12.5. The summed E-state index contributed by atoms with van der Waals surface area (Å²) < 4.78 is 48.8. The normalized spacial score (nSPS) is 16.3. The first-order valence-electron chi connectivity index (χ1n) is 10.1. The van der Waals surface area contributed by atoms with Crippen LogP contribution in [0.2, 0.25) is 0 Å². The second-order valence-electron chi connectivity index (χ2n) is 7.49. The molecular weight excluding hydrogens is 395 g/mol. The van der Waals surface area contributed by atoms with Crippen molar-refractivity contribution >= 4 is 5.97 Å². The number of halogens is 3. The molecule has 1 heterocycles. The van der Waals surface area contributed by atoms with Crippen molar-refractivity contribution in [2.75, 3.05) is 26.4 Å². The molecule has 1 fully saturated rings. The Balaban J connectivity index is 1.59. The minimum atomic E-state index is -4.33. The Morgan fingerprint density at radius 2 is 1.60 bits per heavy atom. The molecule has 1 aliphatic heterocycles. The van der Waals surface area contributed by atoms with Gasteiger partial charge in [0, 0.05) is 26.3 Å². The van der Waals surface area contributed by atoms with Gasteiger partial charge >= 0.3 is 12.1 Å². The average Bonchev–Trinajstić information content (AvgIpc) is 2.74. The highest BCUT2D eigenvalue weighted by molar-refractivity contribution is 5.77. The smallest absolute Gasteiger partial charge is 0.416 e. The lowest BCUT2D eigenvalue weighted by molar-refractivity contribution is -0.161. The van der Waals surface area contributed by atoms with Crippen molar-refractivity contribution in [3.05, 3.63) is 59.7 Å². The van der Waals surface area contributed by atoms with E-state index in [1.165, 1.54) is 12.1 Å². The van der Waals surface area contributed by atoms with Crippen molar-refractivity contribution in [2.24, 2.45) is 5.41 Å². The maximum atomic E-state index is 12.7. The third kappa shape index (κ3) is 5.40. The van der Waals surface area contributed by atoms with Crippen LogP contribution >= 0.6 is 0 Å². The fourth-order valence-electron chi connectivity index (χ4n) is 3.61. The Labute approximate surface area is 174 Å². The van der Waals surface area contributed by atoms with Gasteiger partial charge in [-0.3, -0.25) is 4.79 Å². The molecule has 0 saturated carbocycles. The van der Waals surface area contributed by atoms with Crippen LogP contribution in [-0.2, 0) is 27.0 Å². The van der Waals surface area contributed by atoms with Gasteiger partial charge < -0.3 is 14.8 Å². The molecule has 0 radical (unpaired) electrons. The maximum Gasteiger partial charge on any atom is 0.416 e. The van der Waals surface area contributed by atoms with E-state index in [0.29, 0.717) is 45.8 Å². The van der Waals surface area contributed by atoms with E-state index < -0.39 is 17.2 Å². The van der Waals surface area contributed by atoms with Crippen molar-refractivity contribution in [1.82, 2.24) is 5.32 Å². The largest absolute Gasteiger partial charge is 0.466 e. The molecule has 0 unspecified atom stereocenters. The molecule has 1 saturated heterocycles. The van der Waals surface area contributed by atoms with Crippen molar-refractivity contribution in [3.8, 4) is 11.1 Å². The maximum absolute atomic E-state index is 12.7. The molecule has 2 aromatic carbocycles. The highest BCUT2D eigenvalue weighted by Crippen LogP contribution is 2.32. The summed E-state index contributed by atoms with van der Waals surface area (Å²) in [5.41, 5.74) is 1.38. The van der Waals surface area contributed by atoms with Gasteiger partial charge in [0.1, 0.15) is 0 Å². The Morgan fingerprint density at radius 1 is 1.03 bits per heavy atom. The van der Waals surface area contributed by atoms with E-state index in [9.17, 15) is 18.0 Å². The molecule has 0 aliphatic carbocycles. The van der Waals surface area contributed by atoms with Crippen LogP contribution in [0.15, 0.2) is 48.5 Å². The Bertz CT molecular complexity index is 826. The van der Waals surface area contributed by atoms with Gasteiger partial charge in [-0.2, -0.15) is 13.2 Å². The number of benzene rings is 2. The molecule has 2 aromatic rings. The number of hydrogen-bond donors (Lipinski definition) is 1. The van der Waals surface area contributed by atoms with Gasteiger partial charge in [-0.1, -0.05) is 36.4 Å². The second kappa shape index (κ2) is 9.62. The van der Waals surface area contributed by atoms with E-state index in [1.807, 2.05) is 24.3 Å². The van der Waals surface area contributed by atoms with Gasteiger partial charge in [-0.15, -0.1) is 0 Å². The van der Waals surface area contributed by atoms with E-state index in [2.05, 4.69) is 5.32 Å². The molecule has 1 N–H and O–H groups in total. The first-order valence-corrected chi connectivity index (χ1v) is 10.1. The zero-order valence-corrected chi connectivity index (χ0v) is 16.9. The SMILES string of the molecule is CCOC(=O)C1(CNCc2ccc(-c3ccc(C(F)(F)F)cc3)cc2)CCOCC1. The Hall–Kier alpha value is -2.38. The molecule has 0 atom stereocenters. The molecular formula is C23H26F3NO3. The highest BCUT2D eigenvalue weighted by Gasteiger charge is 2.41. The quantitative estimate of drug-likeness (QED) is 0.651. The minimum Gasteiger partial charge on any atom is -0.466 e. The van der Waals surface area contributed by atoms with Crippen LogP contribution in [0.1, 0.15) is 30.9 Å². The summed E-state index contributed by atoms with van der Waals surface area (Å²) >= 11 is 0. The molecule has 1 aliphatic rings. The monoisotopic (exact) mass is 421 g/mol. The third-order valence-corrected chi connectivity index (χ3v) is 5.45. The minimum absolute atomic E-state index is 0.182. The van der Waals surface area contributed by atoms with Gasteiger partial charge in [0.25, 0.3) is 0 Å². The lowest BCUT2D eigenvalue weighted by Gasteiger charge is -2.34. The van der Waals surface area contributed by atoms with Crippen LogP contribution < -0.4 is 5.32 Å². The Kier molecular flexibility index (Phi) is 7.15. The zero-order chi connectivity index (χ0) is 21.6. The number of ether oxygens (including phenoxy) is 2. The predicted molar refractivity (Wildman–Crippen MR) is 108 cm³/mol. The van der Waals surface area contributed by atoms with Crippen LogP contribution in [0.25, 0.3) is 11.1 Å². The first kappa shape index (κ1) is 22.3. The fourth-order valence-corrected chi connectivity index (χ4v) is 3.61. The van der Waals surface area contributed by atoms with E-state index in [-0.39, 0.29) is 5.97 Å². The van der Waals surface area contributed by atoms with Crippen LogP contribution in [0, 0.1) is 5.41 Å². The van der Waals surface area contributed by atoms with Gasteiger partial charge in [0.15, 0.2) is 0 Å². The topological polar surface area (TPSA) is 47.6 Å². The second-order valence-corrected chi connectivity index (χ2v) is 7.49. The van der Waals surface area contributed by atoms with E-state index >= 15 is 0 Å². The number of rotatable bonds is 7. The van der Waals surface area contributed by atoms with Crippen LogP contribution in [-0.4, -0.2) is 32.3 Å². The first-order chi connectivity index (χ1) is 14.3. The van der Waals surface area contributed by atoms with Crippen LogP contribution in [0.4, 0.5) is 13.2 Å². The molecule has 0 spiro atoms. The standard InChI is InChI=1S/C23H26F3NO3/c1-2-30-21(28)22(11-13-29-14-12-22)16-27-15-17-3-5-18(6-4-17)19-7-9-20(10-8-19)23(24,25)26/h3-10,27H,2,11-16H2,1H3. The average molecular weight is 421 g/mol. The van der Waals surface area contributed by atoms with Crippen molar-refractivity contribution in [2.45, 2.75) is 32.5 Å². The fraction of sp³-hybridized carbons (Fsp3) is 0.435. The summed E-state index contributed by atoms with van der Waals surface area (Å²) in [6, 6.07) is 12.8. The number of nitrogens with one attached hydrogen (secondary N) is 1. The summed E-state index contributed by atoms with van der Waals surface area (Å²) in [6.45, 7) is 4.33. The summed E-state index contributed by atoms with van der Waals surface area (Å²) in [7, 11) is 0. The van der Waals surface area contributed by atoms with E-state index in [1.54, 1.807) is 6.92 Å². The number of hydrogen-bond acceptors (Lipinski definition) is 4. The lowest BCUT2D eigenvalue weighted by Crippen LogP contribution is -2.46. The van der Waals surface area contributed by atoms with E-state index in [4.69, 9.17) is 9.47 Å². The molecule has 4 nitrogen and oxygen atoms in total. The lowest BCUT2D eigenvalue weighted by atomic mass is 9.80. The van der Waals surface area contributed by atoms with E-state index in [0.717, 1.165) is 28.8 Å². The highest BCUT2D eigenvalue weighted by atomic mass is 19.4. The van der Waals surface area contributed by atoms with Gasteiger partial charge in [0.05, 0.1) is 17.6 Å². The molecule has 3 rings (SSSR count). The molecule has 30 heavy (non-hydrogen) atoms. The third-order valence-electron chi connectivity index (χ3n) is 5.45. The van der Waals surface area contributed by atoms with Crippen molar-refractivity contribution in [3.63, 3.8) is 0 Å². The summed E-state index contributed by atoms with van der Waals surface area (Å²) in [6.07, 6.45) is -3.07. The number of esters is 1. The van der Waals surface area contributed by atoms with Gasteiger partial charge in [-0.25, -0.2) is 0 Å². The summed E-state index contributed by atoms with van der Waals surface area (Å²) in [5.74, 6) is -0.182. The van der Waals surface area contributed by atoms with Crippen molar-refractivity contribution < 1.29 is 27.4 Å². The van der Waals surface area contributed by atoms with Crippen LogP contribution in [0.3, 0.4) is 0 Å². The number of carbonyl (C=O) groups is 1. The zero-order valence-electron chi connectivity index (χ0n) is 16.9. The summed E-state index contributed by atoms with van der Waals surface area (Å²) in [5, 5.41) is 3.35. The van der Waals surface area contributed by atoms with Crippen molar-refractivity contribution in [1.29, 1.82) is 0 Å². The Morgan fingerprint density at radius 3 is 2.13 bits per heavy atom. The predicted octanol–water partition coefficient (Wildman–Crippen LogP) is 4.82. The van der Waals surface area contributed by atoms with Gasteiger partial charge in [0.2, 0.25) is 0 Å².